The van der Waals surface area contributed by atoms with Crippen LogP contribution in [0.15, 0.2) is 42.5 Å². The van der Waals surface area contributed by atoms with E-state index in [0.29, 0.717) is 49.1 Å². The van der Waals surface area contributed by atoms with Crippen molar-refractivity contribution in [2.24, 2.45) is 5.73 Å². The number of carbonyl (C=O) groups is 2. The van der Waals surface area contributed by atoms with E-state index in [4.69, 9.17) is 28.9 Å². The number of piperazine rings is 1. The quantitative estimate of drug-likeness (QED) is 0.431. The van der Waals surface area contributed by atoms with Crippen LogP contribution in [0.25, 0.3) is 0 Å². The molecule has 9 heteroatoms. The number of para-hydroxylation sites is 1. The highest BCUT2D eigenvalue weighted by atomic mass is 35.5. The Kier molecular flexibility index (Phi) is 10.0. The number of carbonyl (C=O) groups excluding carboxylic acids is 2. The van der Waals surface area contributed by atoms with Gasteiger partial charge in [-0.3, -0.25) is 9.59 Å². The first-order valence-electron chi connectivity index (χ1n) is 12.5. The molecule has 1 aliphatic rings. The second-order valence-corrected chi connectivity index (χ2v) is 10.0. The van der Waals surface area contributed by atoms with Crippen molar-refractivity contribution < 1.29 is 14.7 Å². The minimum atomic E-state index is -0.889. The Morgan fingerprint density at radius 1 is 1.08 bits per heavy atom. The van der Waals surface area contributed by atoms with Crippen LogP contribution in [0.5, 0.6) is 0 Å². The van der Waals surface area contributed by atoms with Crippen molar-refractivity contribution in [1.82, 2.24) is 10.2 Å². The molecule has 1 saturated heterocycles. The molecule has 0 unspecified atom stereocenters. The van der Waals surface area contributed by atoms with Gasteiger partial charge in [0.05, 0.1) is 5.60 Å². The van der Waals surface area contributed by atoms with Crippen LogP contribution >= 0.6 is 23.2 Å². The van der Waals surface area contributed by atoms with Gasteiger partial charge < -0.3 is 26.0 Å². The SMILES string of the molecule is CCC(O)(CC)c1ccccc1N1CCN(C(=O)[C@@H](Cc2ccc(Cl)cc2Cl)NC(=O)CCN)CC1. The van der Waals surface area contributed by atoms with E-state index in [1.165, 1.54) is 0 Å². The summed E-state index contributed by atoms with van der Waals surface area (Å²) in [5, 5.41) is 15.0. The number of amides is 2. The maximum absolute atomic E-state index is 13.5. The van der Waals surface area contributed by atoms with Crippen molar-refractivity contribution in [3.05, 3.63) is 63.6 Å². The van der Waals surface area contributed by atoms with E-state index in [1.54, 1.807) is 23.1 Å². The molecule has 1 atom stereocenters. The standard InChI is InChI=1S/C27H36Cl2N4O3/c1-3-27(36,4-2)21-7-5-6-8-24(21)32-13-15-33(16-14-32)26(35)23(31-25(34)11-12-30)17-19-9-10-20(28)18-22(19)29/h5-10,18,23,36H,3-4,11-17,30H2,1-2H3,(H,31,34)/t23-/m1/s1. The van der Waals surface area contributed by atoms with Crippen LogP contribution in [0, 0.1) is 0 Å². The fourth-order valence-corrected chi connectivity index (χ4v) is 5.15. The molecule has 0 bridgehead atoms. The number of nitrogens with zero attached hydrogens (tertiary/aromatic N) is 2. The normalized spacial score (nSPS) is 15.1. The molecule has 7 nitrogen and oxygen atoms in total. The predicted molar refractivity (Wildman–Crippen MR) is 145 cm³/mol. The first-order chi connectivity index (χ1) is 17.2. The monoisotopic (exact) mass is 534 g/mol. The number of hydrogen-bond acceptors (Lipinski definition) is 5. The lowest BCUT2D eigenvalue weighted by molar-refractivity contribution is -0.136. The van der Waals surface area contributed by atoms with Crippen molar-refractivity contribution >= 4 is 40.7 Å². The number of rotatable bonds is 10. The molecule has 0 aliphatic carbocycles. The molecule has 2 aromatic carbocycles. The molecule has 1 fully saturated rings. The maximum Gasteiger partial charge on any atom is 0.245 e. The van der Waals surface area contributed by atoms with Gasteiger partial charge in [0.25, 0.3) is 0 Å². The van der Waals surface area contributed by atoms with Gasteiger partial charge in [0.1, 0.15) is 6.04 Å². The average Bonchev–Trinajstić information content (AvgIpc) is 2.89. The predicted octanol–water partition coefficient (Wildman–Crippen LogP) is 3.73. The number of anilines is 1. The summed E-state index contributed by atoms with van der Waals surface area (Å²) in [5.41, 5.74) is 7.29. The maximum atomic E-state index is 13.5. The molecule has 36 heavy (non-hydrogen) atoms. The van der Waals surface area contributed by atoms with E-state index in [9.17, 15) is 14.7 Å². The highest BCUT2D eigenvalue weighted by Crippen LogP contribution is 2.36. The van der Waals surface area contributed by atoms with Crippen molar-refractivity contribution in [3.8, 4) is 0 Å². The summed E-state index contributed by atoms with van der Waals surface area (Å²) in [7, 11) is 0. The van der Waals surface area contributed by atoms with Gasteiger partial charge in [-0.25, -0.2) is 0 Å². The van der Waals surface area contributed by atoms with Gasteiger partial charge in [0.15, 0.2) is 0 Å². The third kappa shape index (κ3) is 6.71. The van der Waals surface area contributed by atoms with Crippen LogP contribution in [0.2, 0.25) is 10.0 Å². The molecule has 2 amide bonds. The molecule has 4 N–H and O–H groups in total. The average molecular weight is 536 g/mol. The van der Waals surface area contributed by atoms with E-state index in [0.717, 1.165) is 16.8 Å². The third-order valence-electron chi connectivity index (χ3n) is 6.95. The Hall–Kier alpha value is -2.32. The summed E-state index contributed by atoms with van der Waals surface area (Å²) in [6.45, 7) is 6.43. The Bertz CT molecular complexity index is 1050. The summed E-state index contributed by atoms with van der Waals surface area (Å²) in [6.07, 6.45) is 1.64. The highest BCUT2D eigenvalue weighted by Gasteiger charge is 2.32. The largest absolute Gasteiger partial charge is 0.385 e. The first kappa shape index (κ1) is 28.3. The van der Waals surface area contributed by atoms with E-state index in [1.807, 2.05) is 38.1 Å². The van der Waals surface area contributed by atoms with Crippen molar-refractivity contribution in [2.45, 2.75) is 51.2 Å². The molecule has 0 aromatic heterocycles. The van der Waals surface area contributed by atoms with Crippen LogP contribution in [-0.4, -0.2) is 60.6 Å². The smallest absolute Gasteiger partial charge is 0.245 e. The van der Waals surface area contributed by atoms with Crippen LogP contribution in [0.3, 0.4) is 0 Å². The van der Waals surface area contributed by atoms with Crippen LogP contribution < -0.4 is 16.0 Å². The van der Waals surface area contributed by atoms with Gasteiger partial charge >= 0.3 is 0 Å². The Labute approximate surface area is 223 Å². The number of nitrogens with two attached hydrogens (primary N) is 1. The van der Waals surface area contributed by atoms with Crippen LogP contribution in [0.4, 0.5) is 5.69 Å². The second-order valence-electron chi connectivity index (χ2n) is 9.17. The molecule has 0 radical (unpaired) electrons. The zero-order valence-electron chi connectivity index (χ0n) is 21.0. The number of nitrogens with one attached hydrogen (secondary N) is 1. The van der Waals surface area contributed by atoms with Crippen LogP contribution in [0.1, 0.15) is 44.2 Å². The molecular weight excluding hydrogens is 499 g/mol. The lowest BCUT2D eigenvalue weighted by atomic mass is 9.87. The number of halogens is 2. The van der Waals surface area contributed by atoms with Gasteiger partial charge in [-0.05, 0) is 36.6 Å². The second kappa shape index (κ2) is 12.8. The molecule has 3 rings (SSSR count). The lowest BCUT2D eigenvalue weighted by Crippen LogP contribution is -2.56. The fraction of sp³-hybridized carbons (Fsp3) is 0.481. The van der Waals surface area contributed by atoms with Gasteiger partial charge in [0.2, 0.25) is 11.8 Å². The summed E-state index contributed by atoms with van der Waals surface area (Å²) < 4.78 is 0. The zero-order valence-corrected chi connectivity index (χ0v) is 22.5. The molecule has 1 aliphatic heterocycles. The summed E-state index contributed by atoms with van der Waals surface area (Å²) in [5.74, 6) is -0.426. The Balaban J connectivity index is 1.75. The molecule has 0 saturated carbocycles. The molecule has 1 heterocycles. The van der Waals surface area contributed by atoms with Gasteiger partial charge in [0, 0.05) is 66.9 Å². The summed E-state index contributed by atoms with van der Waals surface area (Å²) >= 11 is 12.4. The number of hydrogen-bond donors (Lipinski definition) is 3. The molecule has 0 spiro atoms. The van der Waals surface area contributed by atoms with Crippen molar-refractivity contribution in [2.75, 3.05) is 37.6 Å². The van der Waals surface area contributed by atoms with E-state index < -0.39 is 11.6 Å². The minimum Gasteiger partial charge on any atom is -0.385 e. The Morgan fingerprint density at radius 2 is 1.75 bits per heavy atom. The third-order valence-corrected chi connectivity index (χ3v) is 7.54. The van der Waals surface area contributed by atoms with E-state index >= 15 is 0 Å². The van der Waals surface area contributed by atoms with E-state index in [-0.39, 0.29) is 31.2 Å². The van der Waals surface area contributed by atoms with Crippen molar-refractivity contribution in [1.29, 1.82) is 0 Å². The summed E-state index contributed by atoms with van der Waals surface area (Å²) in [6, 6.07) is 12.3. The zero-order chi connectivity index (χ0) is 26.3. The highest BCUT2D eigenvalue weighted by molar-refractivity contribution is 6.35. The lowest BCUT2D eigenvalue weighted by Gasteiger charge is -2.40. The minimum absolute atomic E-state index is 0.139. The Morgan fingerprint density at radius 3 is 2.36 bits per heavy atom. The number of benzene rings is 2. The van der Waals surface area contributed by atoms with Gasteiger partial charge in [-0.1, -0.05) is 61.3 Å². The van der Waals surface area contributed by atoms with Gasteiger partial charge in [-0.15, -0.1) is 0 Å². The first-order valence-corrected chi connectivity index (χ1v) is 13.3. The summed E-state index contributed by atoms with van der Waals surface area (Å²) in [4.78, 5) is 29.9. The van der Waals surface area contributed by atoms with E-state index in [2.05, 4.69) is 10.2 Å². The fourth-order valence-electron chi connectivity index (χ4n) is 4.67. The molecule has 2 aromatic rings. The van der Waals surface area contributed by atoms with Crippen molar-refractivity contribution in [3.63, 3.8) is 0 Å². The number of aliphatic hydroxyl groups is 1. The molecule has 196 valence electrons. The van der Waals surface area contributed by atoms with Gasteiger partial charge in [-0.2, -0.15) is 0 Å². The molecular formula is C27H36Cl2N4O3. The topological polar surface area (TPSA) is 98.9 Å². The van der Waals surface area contributed by atoms with Crippen LogP contribution in [-0.2, 0) is 21.6 Å².